The molecule has 2 aliphatic rings. The number of rotatable bonds is 7. The summed E-state index contributed by atoms with van der Waals surface area (Å²) in [5.74, 6) is 0.608. The quantitative estimate of drug-likeness (QED) is 0.745. The third kappa shape index (κ3) is 4.03. The van der Waals surface area contributed by atoms with Crippen molar-refractivity contribution in [1.29, 1.82) is 0 Å². The Bertz CT molecular complexity index is 836. The van der Waals surface area contributed by atoms with E-state index in [-0.39, 0.29) is 0 Å². The van der Waals surface area contributed by atoms with E-state index >= 15 is 0 Å². The first-order chi connectivity index (χ1) is 13.2. The summed E-state index contributed by atoms with van der Waals surface area (Å²) in [7, 11) is 1.64. The highest BCUT2D eigenvalue weighted by Gasteiger charge is 2.25. The summed E-state index contributed by atoms with van der Waals surface area (Å²) in [5, 5.41) is 0. The molecule has 0 radical (unpaired) electrons. The number of aryl methyl sites for hydroxylation is 1. The van der Waals surface area contributed by atoms with E-state index in [1.165, 1.54) is 22.3 Å². The zero-order chi connectivity index (χ0) is 18.6. The van der Waals surface area contributed by atoms with Crippen LogP contribution in [0.15, 0.2) is 42.2 Å². The highest BCUT2D eigenvalue weighted by Crippen LogP contribution is 2.37. The van der Waals surface area contributed by atoms with Crippen LogP contribution in [0.3, 0.4) is 0 Å². The Morgan fingerprint density at radius 1 is 1.15 bits per heavy atom. The van der Waals surface area contributed by atoms with Gasteiger partial charge >= 0.3 is 0 Å². The second-order valence-electron chi connectivity index (χ2n) is 7.36. The van der Waals surface area contributed by atoms with Crippen molar-refractivity contribution in [3.05, 3.63) is 59.1 Å². The normalized spacial score (nSPS) is 19.6. The van der Waals surface area contributed by atoms with E-state index in [4.69, 9.17) is 4.74 Å². The first-order valence-corrected chi connectivity index (χ1v) is 9.74. The summed E-state index contributed by atoms with van der Waals surface area (Å²) in [6, 6.07) is 8.66. The smallest absolute Gasteiger partial charge is 0.235 e. The van der Waals surface area contributed by atoms with Crippen molar-refractivity contribution in [2.45, 2.75) is 38.3 Å². The van der Waals surface area contributed by atoms with Gasteiger partial charge in [0.15, 0.2) is 0 Å². The van der Waals surface area contributed by atoms with Crippen molar-refractivity contribution in [3.8, 4) is 5.88 Å². The second-order valence-corrected chi connectivity index (χ2v) is 7.36. The van der Waals surface area contributed by atoms with E-state index in [2.05, 4.69) is 39.1 Å². The van der Waals surface area contributed by atoms with E-state index < -0.39 is 6.17 Å². The molecule has 1 aromatic carbocycles. The van der Waals surface area contributed by atoms with Gasteiger partial charge in [0, 0.05) is 32.0 Å². The Morgan fingerprint density at radius 2 is 2.00 bits per heavy atom. The number of methoxy groups -OCH3 is 1. The first-order valence-electron chi connectivity index (χ1n) is 9.74. The Labute approximate surface area is 160 Å². The van der Waals surface area contributed by atoms with Crippen LogP contribution in [0, 0.1) is 0 Å². The lowest BCUT2D eigenvalue weighted by molar-refractivity contribution is 0.290. The van der Waals surface area contributed by atoms with Crippen LogP contribution in [0.5, 0.6) is 5.88 Å². The first kappa shape index (κ1) is 18.1. The van der Waals surface area contributed by atoms with E-state index in [9.17, 15) is 4.39 Å². The maximum Gasteiger partial charge on any atom is 0.235 e. The monoisotopic (exact) mass is 367 g/mol. The van der Waals surface area contributed by atoms with Gasteiger partial charge in [-0.3, -0.25) is 4.98 Å². The zero-order valence-electron chi connectivity index (χ0n) is 15.8. The molecule has 0 bridgehead atoms. The standard InChI is InChI=1S/C22H26FN3O/c1-27-22-21(24-10-11-25-22)7-6-20-17(8-12-26-13-9-18(23)15-26)14-16-4-2-3-5-19(16)20/h2-5,10-11,18H,6-9,12-15H2,1H3. The average Bonchev–Trinajstić information content (AvgIpc) is 3.27. The Hall–Kier alpha value is -2.27. The molecule has 4 rings (SSSR count). The molecule has 2 aromatic rings. The summed E-state index contributed by atoms with van der Waals surface area (Å²) in [6.45, 7) is 2.42. The fourth-order valence-corrected chi connectivity index (χ4v) is 4.27. The predicted octanol–water partition coefficient (Wildman–Crippen LogP) is 3.86. The fourth-order valence-electron chi connectivity index (χ4n) is 4.27. The van der Waals surface area contributed by atoms with Crippen LogP contribution in [0.2, 0.25) is 0 Å². The van der Waals surface area contributed by atoms with Crippen molar-refractivity contribution >= 4 is 5.57 Å². The maximum atomic E-state index is 13.5. The van der Waals surface area contributed by atoms with Gasteiger partial charge in [-0.1, -0.05) is 29.8 Å². The Kier molecular flexibility index (Phi) is 5.48. The van der Waals surface area contributed by atoms with Crippen molar-refractivity contribution in [3.63, 3.8) is 0 Å². The van der Waals surface area contributed by atoms with Gasteiger partial charge in [-0.05, 0) is 48.8 Å². The molecule has 0 saturated carbocycles. The lowest BCUT2D eigenvalue weighted by Gasteiger charge is -2.16. The lowest BCUT2D eigenvalue weighted by Crippen LogP contribution is -2.22. The number of allylic oxidation sites excluding steroid dienone is 1. The molecule has 5 heteroatoms. The molecule has 1 aliphatic carbocycles. The van der Waals surface area contributed by atoms with Crippen LogP contribution in [-0.2, 0) is 12.8 Å². The third-order valence-corrected chi connectivity index (χ3v) is 5.66. The SMILES string of the molecule is COc1nccnc1CCC1=C(CCN2CCC(F)C2)Cc2ccccc21. The van der Waals surface area contributed by atoms with Gasteiger partial charge in [-0.15, -0.1) is 0 Å². The molecule has 1 fully saturated rings. The molecule has 4 nitrogen and oxygen atoms in total. The zero-order valence-corrected chi connectivity index (χ0v) is 15.8. The summed E-state index contributed by atoms with van der Waals surface area (Å²) in [5.41, 5.74) is 6.57. The van der Waals surface area contributed by atoms with Crippen molar-refractivity contribution < 1.29 is 9.13 Å². The van der Waals surface area contributed by atoms with E-state index in [1.807, 2.05) is 0 Å². The van der Waals surface area contributed by atoms with E-state index in [0.717, 1.165) is 44.5 Å². The van der Waals surface area contributed by atoms with Crippen LogP contribution in [0.4, 0.5) is 4.39 Å². The summed E-state index contributed by atoms with van der Waals surface area (Å²) >= 11 is 0. The van der Waals surface area contributed by atoms with E-state index in [0.29, 0.717) is 18.8 Å². The van der Waals surface area contributed by atoms with Gasteiger partial charge in [0.25, 0.3) is 0 Å². The molecular weight excluding hydrogens is 341 g/mol. The van der Waals surface area contributed by atoms with Crippen LogP contribution >= 0.6 is 0 Å². The minimum Gasteiger partial charge on any atom is -0.480 e. The molecular formula is C22H26FN3O. The molecule has 1 saturated heterocycles. The van der Waals surface area contributed by atoms with Crippen molar-refractivity contribution in [2.75, 3.05) is 26.7 Å². The minimum absolute atomic E-state index is 0.590. The third-order valence-electron chi connectivity index (χ3n) is 5.66. The molecule has 27 heavy (non-hydrogen) atoms. The Balaban J connectivity index is 1.50. The van der Waals surface area contributed by atoms with Crippen LogP contribution in [0.25, 0.3) is 5.57 Å². The van der Waals surface area contributed by atoms with Gasteiger partial charge < -0.3 is 9.64 Å². The number of hydrogen-bond acceptors (Lipinski definition) is 4. The van der Waals surface area contributed by atoms with Gasteiger partial charge in [-0.2, -0.15) is 0 Å². The number of nitrogens with zero attached hydrogens (tertiary/aromatic N) is 3. The fraction of sp³-hybridized carbons (Fsp3) is 0.455. The number of alkyl halides is 1. The van der Waals surface area contributed by atoms with Crippen molar-refractivity contribution in [1.82, 2.24) is 14.9 Å². The number of aromatic nitrogens is 2. The number of benzene rings is 1. The molecule has 1 aliphatic heterocycles. The molecule has 1 atom stereocenters. The summed E-state index contributed by atoms with van der Waals surface area (Å²) in [4.78, 5) is 11.0. The van der Waals surface area contributed by atoms with Gasteiger partial charge in [0.2, 0.25) is 5.88 Å². The molecule has 0 N–H and O–H groups in total. The maximum absolute atomic E-state index is 13.5. The highest BCUT2D eigenvalue weighted by atomic mass is 19.1. The highest BCUT2D eigenvalue weighted by molar-refractivity contribution is 5.76. The molecule has 1 unspecified atom stereocenters. The topological polar surface area (TPSA) is 38.3 Å². The van der Waals surface area contributed by atoms with Crippen LogP contribution in [-0.4, -0.2) is 47.8 Å². The average molecular weight is 367 g/mol. The van der Waals surface area contributed by atoms with Crippen molar-refractivity contribution in [2.24, 2.45) is 0 Å². The number of fused-ring (bicyclic) bond motifs is 1. The lowest BCUT2D eigenvalue weighted by atomic mass is 9.98. The van der Waals surface area contributed by atoms with Crippen LogP contribution in [0.1, 0.15) is 36.1 Å². The molecule has 0 spiro atoms. The largest absolute Gasteiger partial charge is 0.480 e. The predicted molar refractivity (Wildman–Crippen MR) is 105 cm³/mol. The summed E-state index contributed by atoms with van der Waals surface area (Å²) < 4.78 is 18.8. The number of halogens is 1. The molecule has 0 amide bonds. The van der Waals surface area contributed by atoms with Crippen LogP contribution < -0.4 is 4.74 Å². The number of hydrogen-bond donors (Lipinski definition) is 0. The Morgan fingerprint density at radius 3 is 2.81 bits per heavy atom. The molecule has 2 heterocycles. The second kappa shape index (κ2) is 8.17. The number of likely N-dealkylation sites (tertiary alicyclic amines) is 1. The number of ether oxygens (including phenoxy) is 1. The van der Waals surface area contributed by atoms with Gasteiger partial charge in [0.05, 0.1) is 7.11 Å². The van der Waals surface area contributed by atoms with Gasteiger partial charge in [-0.25, -0.2) is 9.37 Å². The summed E-state index contributed by atoms with van der Waals surface area (Å²) in [6.07, 6.45) is 7.15. The molecule has 1 aromatic heterocycles. The van der Waals surface area contributed by atoms with Gasteiger partial charge in [0.1, 0.15) is 11.9 Å². The van der Waals surface area contributed by atoms with E-state index in [1.54, 1.807) is 19.5 Å². The minimum atomic E-state index is -0.650. The molecule has 142 valence electrons.